The third-order valence-electron chi connectivity index (χ3n) is 2.78. The van der Waals surface area contributed by atoms with Crippen LogP contribution in [0.5, 0.6) is 0 Å². The van der Waals surface area contributed by atoms with Crippen LogP contribution in [0.3, 0.4) is 0 Å². The van der Waals surface area contributed by atoms with Gasteiger partial charge in [-0.1, -0.05) is 6.07 Å². The van der Waals surface area contributed by atoms with Crippen LogP contribution in [0.25, 0.3) is 0 Å². The summed E-state index contributed by atoms with van der Waals surface area (Å²) in [7, 11) is 1.42. The SMILES string of the molecule is COC(=O)N1CC[C@@H](c2cccnc2)C1. The van der Waals surface area contributed by atoms with Crippen LogP contribution < -0.4 is 0 Å². The van der Waals surface area contributed by atoms with E-state index in [2.05, 4.69) is 15.8 Å². The minimum Gasteiger partial charge on any atom is -0.453 e. The fraction of sp³-hybridized carbons (Fsp3) is 0.455. The number of pyridine rings is 1. The average molecular weight is 206 g/mol. The molecule has 2 heterocycles. The number of methoxy groups -OCH3 is 1. The van der Waals surface area contributed by atoms with E-state index in [-0.39, 0.29) is 6.09 Å². The lowest BCUT2D eigenvalue weighted by Gasteiger charge is -2.14. The monoisotopic (exact) mass is 206 g/mol. The van der Waals surface area contributed by atoms with Crippen molar-refractivity contribution in [3.63, 3.8) is 0 Å². The molecular formula is C11H14N2O2. The highest BCUT2D eigenvalue weighted by atomic mass is 16.5. The summed E-state index contributed by atoms with van der Waals surface area (Å²) in [4.78, 5) is 17.1. The fourth-order valence-electron chi connectivity index (χ4n) is 1.94. The van der Waals surface area contributed by atoms with E-state index >= 15 is 0 Å². The Morgan fingerprint density at radius 2 is 2.53 bits per heavy atom. The van der Waals surface area contributed by atoms with E-state index in [1.807, 2.05) is 12.3 Å². The predicted octanol–water partition coefficient (Wildman–Crippen LogP) is 1.64. The molecule has 15 heavy (non-hydrogen) atoms. The van der Waals surface area contributed by atoms with Gasteiger partial charge in [-0.25, -0.2) is 4.79 Å². The van der Waals surface area contributed by atoms with Gasteiger partial charge in [-0.15, -0.1) is 0 Å². The van der Waals surface area contributed by atoms with E-state index in [9.17, 15) is 4.79 Å². The number of amides is 1. The zero-order valence-electron chi connectivity index (χ0n) is 8.72. The summed E-state index contributed by atoms with van der Waals surface area (Å²) in [5, 5.41) is 0. The third-order valence-corrected chi connectivity index (χ3v) is 2.78. The summed E-state index contributed by atoms with van der Waals surface area (Å²) in [5.41, 5.74) is 1.20. The van der Waals surface area contributed by atoms with Crippen LogP contribution >= 0.6 is 0 Å². The molecule has 0 spiro atoms. The molecule has 0 radical (unpaired) electrons. The second-order valence-corrected chi connectivity index (χ2v) is 3.69. The summed E-state index contributed by atoms with van der Waals surface area (Å²) < 4.78 is 4.69. The number of aromatic nitrogens is 1. The maximum atomic E-state index is 11.3. The van der Waals surface area contributed by atoms with Crippen molar-refractivity contribution in [3.05, 3.63) is 30.1 Å². The molecule has 0 saturated carbocycles. The lowest BCUT2D eigenvalue weighted by Crippen LogP contribution is -2.28. The lowest BCUT2D eigenvalue weighted by molar-refractivity contribution is 0.132. The summed E-state index contributed by atoms with van der Waals surface area (Å²) in [6.45, 7) is 1.50. The van der Waals surface area contributed by atoms with Crippen LogP contribution in [-0.2, 0) is 4.74 Å². The fourth-order valence-corrected chi connectivity index (χ4v) is 1.94. The van der Waals surface area contributed by atoms with Crippen LogP contribution in [0, 0.1) is 0 Å². The van der Waals surface area contributed by atoms with Gasteiger partial charge in [0.1, 0.15) is 0 Å². The number of ether oxygens (including phenoxy) is 1. The highest BCUT2D eigenvalue weighted by Crippen LogP contribution is 2.26. The third kappa shape index (κ3) is 2.09. The Bertz CT molecular complexity index is 340. The lowest BCUT2D eigenvalue weighted by atomic mass is 10.0. The second kappa shape index (κ2) is 4.29. The number of hydrogen-bond acceptors (Lipinski definition) is 3. The Labute approximate surface area is 88.9 Å². The molecule has 1 aliphatic heterocycles. The number of hydrogen-bond donors (Lipinski definition) is 0. The van der Waals surface area contributed by atoms with Gasteiger partial charge in [0.2, 0.25) is 0 Å². The van der Waals surface area contributed by atoms with Gasteiger partial charge in [-0.2, -0.15) is 0 Å². The van der Waals surface area contributed by atoms with Gasteiger partial charge in [0, 0.05) is 31.4 Å². The van der Waals surface area contributed by atoms with E-state index < -0.39 is 0 Å². The molecule has 80 valence electrons. The summed E-state index contributed by atoms with van der Waals surface area (Å²) >= 11 is 0. The van der Waals surface area contributed by atoms with Crippen LogP contribution in [0.2, 0.25) is 0 Å². The number of nitrogens with zero attached hydrogens (tertiary/aromatic N) is 2. The molecule has 0 aliphatic carbocycles. The quantitative estimate of drug-likeness (QED) is 0.701. The van der Waals surface area contributed by atoms with E-state index in [1.54, 1.807) is 11.1 Å². The summed E-state index contributed by atoms with van der Waals surface area (Å²) in [6, 6.07) is 3.98. The number of carbonyl (C=O) groups excluding carboxylic acids is 1. The van der Waals surface area contributed by atoms with Crippen molar-refractivity contribution in [2.24, 2.45) is 0 Å². The van der Waals surface area contributed by atoms with Crippen molar-refractivity contribution in [1.82, 2.24) is 9.88 Å². The van der Waals surface area contributed by atoms with Gasteiger partial charge < -0.3 is 9.64 Å². The van der Waals surface area contributed by atoms with Crippen molar-refractivity contribution in [2.45, 2.75) is 12.3 Å². The molecule has 1 saturated heterocycles. The smallest absolute Gasteiger partial charge is 0.409 e. The molecule has 0 aromatic carbocycles. The zero-order valence-corrected chi connectivity index (χ0v) is 8.72. The summed E-state index contributed by atoms with van der Waals surface area (Å²) in [5.74, 6) is 0.401. The predicted molar refractivity (Wildman–Crippen MR) is 55.6 cm³/mol. The maximum Gasteiger partial charge on any atom is 0.409 e. The minimum atomic E-state index is -0.235. The van der Waals surface area contributed by atoms with E-state index in [0.717, 1.165) is 19.5 Å². The minimum absolute atomic E-state index is 0.235. The topological polar surface area (TPSA) is 42.4 Å². The largest absolute Gasteiger partial charge is 0.453 e. The number of rotatable bonds is 1. The normalized spacial score (nSPS) is 20.3. The van der Waals surface area contributed by atoms with Crippen molar-refractivity contribution >= 4 is 6.09 Å². The van der Waals surface area contributed by atoms with Crippen molar-refractivity contribution < 1.29 is 9.53 Å². The summed E-state index contributed by atoms with van der Waals surface area (Å²) in [6.07, 6.45) is 4.38. The van der Waals surface area contributed by atoms with Crippen LogP contribution in [0.15, 0.2) is 24.5 Å². The second-order valence-electron chi connectivity index (χ2n) is 3.69. The van der Waals surface area contributed by atoms with Crippen molar-refractivity contribution in [3.8, 4) is 0 Å². The van der Waals surface area contributed by atoms with Crippen molar-refractivity contribution in [1.29, 1.82) is 0 Å². The molecule has 1 aromatic heterocycles. The Balaban J connectivity index is 2.02. The molecular weight excluding hydrogens is 192 g/mol. The first kappa shape index (κ1) is 9.96. The molecule has 1 aliphatic rings. The molecule has 0 unspecified atom stereocenters. The average Bonchev–Trinajstić information content (AvgIpc) is 2.78. The van der Waals surface area contributed by atoms with Gasteiger partial charge in [-0.05, 0) is 18.1 Å². The Morgan fingerprint density at radius 3 is 3.20 bits per heavy atom. The number of carbonyl (C=O) groups is 1. The van der Waals surface area contributed by atoms with Crippen LogP contribution in [0.4, 0.5) is 4.79 Å². The van der Waals surface area contributed by atoms with Crippen LogP contribution in [-0.4, -0.2) is 36.2 Å². The van der Waals surface area contributed by atoms with Crippen LogP contribution in [0.1, 0.15) is 17.9 Å². The van der Waals surface area contributed by atoms with Gasteiger partial charge in [0.05, 0.1) is 7.11 Å². The van der Waals surface area contributed by atoms with Gasteiger partial charge >= 0.3 is 6.09 Å². The highest BCUT2D eigenvalue weighted by molar-refractivity contribution is 5.67. The molecule has 4 nitrogen and oxygen atoms in total. The van der Waals surface area contributed by atoms with E-state index in [1.165, 1.54) is 12.7 Å². The van der Waals surface area contributed by atoms with Gasteiger partial charge in [-0.3, -0.25) is 4.98 Å². The molecule has 1 amide bonds. The Morgan fingerprint density at radius 1 is 1.67 bits per heavy atom. The standard InChI is InChI=1S/C11H14N2O2/c1-15-11(14)13-6-4-10(8-13)9-3-2-5-12-7-9/h2-3,5,7,10H,4,6,8H2,1H3/t10-/m1/s1. The van der Waals surface area contributed by atoms with Gasteiger partial charge in [0.25, 0.3) is 0 Å². The first-order valence-corrected chi connectivity index (χ1v) is 5.04. The Hall–Kier alpha value is -1.58. The number of likely N-dealkylation sites (tertiary alicyclic amines) is 1. The Kier molecular flexibility index (Phi) is 2.85. The first-order valence-electron chi connectivity index (χ1n) is 5.04. The molecule has 2 rings (SSSR count). The van der Waals surface area contributed by atoms with Crippen molar-refractivity contribution in [2.75, 3.05) is 20.2 Å². The molecule has 4 heteroatoms. The van der Waals surface area contributed by atoms with E-state index in [0.29, 0.717) is 5.92 Å². The zero-order chi connectivity index (χ0) is 10.7. The molecule has 1 fully saturated rings. The van der Waals surface area contributed by atoms with Gasteiger partial charge in [0.15, 0.2) is 0 Å². The molecule has 0 N–H and O–H groups in total. The highest BCUT2D eigenvalue weighted by Gasteiger charge is 2.27. The molecule has 0 bridgehead atoms. The maximum absolute atomic E-state index is 11.3. The van der Waals surface area contributed by atoms with E-state index in [4.69, 9.17) is 0 Å². The molecule has 1 atom stereocenters. The first-order chi connectivity index (χ1) is 7.31. The molecule has 1 aromatic rings.